The van der Waals surface area contributed by atoms with Gasteiger partial charge in [-0.25, -0.2) is 0 Å². The first kappa shape index (κ1) is 21.2. The molecule has 0 spiro atoms. The Morgan fingerprint density at radius 2 is 1.67 bits per heavy atom. The second-order valence-electron chi connectivity index (χ2n) is 10.8. The van der Waals surface area contributed by atoms with Crippen molar-refractivity contribution < 1.29 is 9.53 Å². The number of nitrogens with one attached hydrogen (secondary N) is 1. The van der Waals surface area contributed by atoms with Crippen molar-refractivity contribution in [2.45, 2.75) is 69.4 Å². The van der Waals surface area contributed by atoms with E-state index in [4.69, 9.17) is 4.74 Å². The van der Waals surface area contributed by atoms with Gasteiger partial charge in [-0.3, -0.25) is 4.79 Å². The summed E-state index contributed by atoms with van der Waals surface area (Å²) in [7, 11) is 1.79. The number of ether oxygens (including phenoxy) is 1. The van der Waals surface area contributed by atoms with Crippen LogP contribution in [0.25, 0.3) is 11.1 Å². The van der Waals surface area contributed by atoms with E-state index in [0.717, 1.165) is 47.6 Å². The van der Waals surface area contributed by atoms with Gasteiger partial charge in [0.05, 0.1) is 7.11 Å². The molecule has 33 heavy (non-hydrogen) atoms. The molecule has 4 fully saturated rings. The smallest absolute Gasteiger partial charge is 0.251 e. The number of hydrogen-bond donors (Lipinski definition) is 1. The predicted octanol–water partition coefficient (Wildman–Crippen LogP) is 5.62. The highest BCUT2D eigenvalue weighted by Crippen LogP contribution is 2.48. The third-order valence-electron chi connectivity index (χ3n) is 8.76. The van der Waals surface area contributed by atoms with E-state index in [9.17, 15) is 4.79 Å². The molecule has 1 saturated heterocycles. The topological polar surface area (TPSA) is 41.6 Å². The van der Waals surface area contributed by atoms with Gasteiger partial charge < -0.3 is 15.0 Å². The van der Waals surface area contributed by atoms with Crippen LogP contribution in [0.4, 0.5) is 0 Å². The minimum absolute atomic E-state index is 0.0433. The molecular formula is C29H36N2O2. The molecule has 2 aromatic carbocycles. The molecule has 2 aromatic rings. The number of rotatable bonds is 6. The maximum absolute atomic E-state index is 12.3. The van der Waals surface area contributed by atoms with Crippen LogP contribution in [0, 0.1) is 11.8 Å². The highest BCUT2D eigenvalue weighted by atomic mass is 16.5. The Morgan fingerprint density at radius 3 is 2.30 bits per heavy atom. The van der Waals surface area contributed by atoms with E-state index in [1.165, 1.54) is 62.7 Å². The molecule has 1 amide bonds. The summed E-state index contributed by atoms with van der Waals surface area (Å²) in [6.07, 6.45) is 10.5. The first-order valence-corrected chi connectivity index (χ1v) is 13.0. The summed E-state index contributed by atoms with van der Waals surface area (Å²) in [5.74, 6) is 3.59. The monoisotopic (exact) mass is 444 g/mol. The lowest BCUT2D eigenvalue weighted by Gasteiger charge is -2.40. The number of carbonyl (C=O) groups is 1. The molecule has 174 valence electrons. The fraction of sp³-hybridized carbons (Fsp3) is 0.552. The number of amides is 1. The van der Waals surface area contributed by atoms with Crippen molar-refractivity contribution in [1.29, 1.82) is 0 Å². The SMILES string of the molecule is COc1ccc(-c2ccc(C(=O)NC3CC3)cc2)cc1C1CCN([C@H]2C[C@H]3CC[C@H]2C3)CC1. The molecule has 4 aliphatic rings. The summed E-state index contributed by atoms with van der Waals surface area (Å²) in [5, 5.41) is 3.07. The molecule has 3 saturated carbocycles. The van der Waals surface area contributed by atoms with Crippen molar-refractivity contribution in [2.24, 2.45) is 11.8 Å². The molecule has 0 radical (unpaired) electrons. The zero-order chi connectivity index (χ0) is 22.4. The van der Waals surface area contributed by atoms with Crippen LogP contribution < -0.4 is 10.1 Å². The van der Waals surface area contributed by atoms with Crippen molar-refractivity contribution in [2.75, 3.05) is 20.2 Å². The number of fused-ring (bicyclic) bond motifs is 2. The maximum atomic E-state index is 12.3. The molecule has 4 heteroatoms. The fourth-order valence-corrected chi connectivity index (χ4v) is 6.74. The number of nitrogens with zero attached hydrogens (tertiary/aromatic N) is 1. The summed E-state index contributed by atoms with van der Waals surface area (Å²) < 4.78 is 5.78. The molecule has 3 aliphatic carbocycles. The molecular weight excluding hydrogens is 408 g/mol. The molecule has 1 N–H and O–H groups in total. The molecule has 6 rings (SSSR count). The summed E-state index contributed by atoms with van der Waals surface area (Å²) in [4.78, 5) is 15.1. The van der Waals surface area contributed by atoms with E-state index >= 15 is 0 Å². The quantitative estimate of drug-likeness (QED) is 0.628. The summed E-state index contributed by atoms with van der Waals surface area (Å²) >= 11 is 0. The van der Waals surface area contributed by atoms with Crippen molar-refractivity contribution in [3.63, 3.8) is 0 Å². The van der Waals surface area contributed by atoms with Crippen LogP contribution in [0.15, 0.2) is 42.5 Å². The molecule has 4 nitrogen and oxygen atoms in total. The first-order chi connectivity index (χ1) is 16.2. The van der Waals surface area contributed by atoms with Gasteiger partial charge in [-0.05, 0) is 117 Å². The van der Waals surface area contributed by atoms with Gasteiger partial charge >= 0.3 is 0 Å². The van der Waals surface area contributed by atoms with Crippen LogP contribution in [0.2, 0.25) is 0 Å². The van der Waals surface area contributed by atoms with Crippen molar-refractivity contribution in [1.82, 2.24) is 10.2 Å². The van der Waals surface area contributed by atoms with E-state index in [2.05, 4.69) is 40.5 Å². The molecule has 0 unspecified atom stereocenters. The standard InChI is InChI=1S/C29H36N2O2/c1-33-28-11-8-23(20-4-6-22(7-5-20)29(32)30-25-9-10-25)18-26(28)21-12-14-31(15-13-21)27-17-19-2-3-24(27)16-19/h4-8,11,18-19,21,24-25,27H,2-3,9-10,12-17H2,1H3,(H,30,32)/t19-,24-,27-/m0/s1. The second kappa shape index (κ2) is 8.79. The Balaban J connectivity index is 1.16. The van der Waals surface area contributed by atoms with Crippen LogP contribution in [0.3, 0.4) is 0 Å². The molecule has 0 aromatic heterocycles. The van der Waals surface area contributed by atoms with Gasteiger partial charge in [-0.2, -0.15) is 0 Å². The Kier molecular flexibility index (Phi) is 5.65. The van der Waals surface area contributed by atoms with Crippen molar-refractivity contribution in [3.05, 3.63) is 53.6 Å². The van der Waals surface area contributed by atoms with Gasteiger partial charge in [-0.1, -0.05) is 24.6 Å². The van der Waals surface area contributed by atoms with E-state index in [-0.39, 0.29) is 5.91 Å². The van der Waals surface area contributed by atoms with Crippen LogP contribution in [0.5, 0.6) is 5.75 Å². The highest BCUT2D eigenvalue weighted by molar-refractivity contribution is 5.95. The Morgan fingerprint density at radius 1 is 0.909 bits per heavy atom. The third kappa shape index (κ3) is 4.30. The van der Waals surface area contributed by atoms with Gasteiger partial charge in [0.2, 0.25) is 0 Å². The summed E-state index contributed by atoms with van der Waals surface area (Å²) in [5.41, 5.74) is 4.45. The van der Waals surface area contributed by atoms with E-state index in [1.807, 2.05) is 12.1 Å². The maximum Gasteiger partial charge on any atom is 0.251 e. The second-order valence-corrected chi connectivity index (χ2v) is 10.8. The lowest BCUT2D eigenvalue weighted by Crippen LogP contribution is -2.43. The minimum Gasteiger partial charge on any atom is -0.496 e. The summed E-state index contributed by atoms with van der Waals surface area (Å²) in [6.45, 7) is 2.44. The molecule has 2 bridgehead atoms. The van der Waals surface area contributed by atoms with E-state index in [0.29, 0.717) is 12.0 Å². The van der Waals surface area contributed by atoms with Crippen LogP contribution in [-0.2, 0) is 0 Å². The number of methoxy groups -OCH3 is 1. The third-order valence-corrected chi connectivity index (χ3v) is 8.76. The number of hydrogen-bond acceptors (Lipinski definition) is 3. The van der Waals surface area contributed by atoms with Crippen LogP contribution in [-0.4, -0.2) is 43.1 Å². The van der Waals surface area contributed by atoms with Gasteiger partial charge in [-0.15, -0.1) is 0 Å². The van der Waals surface area contributed by atoms with Gasteiger partial charge in [0.1, 0.15) is 5.75 Å². The molecule has 3 atom stereocenters. The van der Waals surface area contributed by atoms with Crippen molar-refractivity contribution >= 4 is 5.91 Å². The number of piperidine rings is 1. The molecule has 1 aliphatic heterocycles. The Labute approximate surface area is 197 Å². The van der Waals surface area contributed by atoms with Crippen LogP contribution >= 0.6 is 0 Å². The normalized spacial score (nSPS) is 27.6. The van der Waals surface area contributed by atoms with Gasteiger partial charge in [0, 0.05) is 17.6 Å². The Bertz CT molecular complexity index is 1000. The number of benzene rings is 2. The van der Waals surface area contributed by atoms with E-state index in [1.54, 1.807) is 7.11 Å². The zero-order valence-corrected chi connectivity index (χ0v) is 19.8. The fourth-order valence-electron chi connectivity index (χ4n) is 6.74. The van der Waals surface area contributed by atoms with Crippen molar-refractivity contribution in [3.8, 4) is 16.9 Å². The number of likely N-dealkylation sites (tertiary alicyclic amines) is 1. The highest BCUT2D eigenvalue weighted by Gasteiger charge is 2.43. The largest absolute Gasteiger partial charge is 0.496 e. The molecule has 1 heterocycles. The van der Waals surface area contributed by atoms with Gasteiger partial charge in [0.25, 0.3) is 5.91 Å². The average molecular weight is 445 g/mol. The van der Waals surface area contributed by atoms with Gasteiger partial charge in [0.15, 0.2) is 0 Å². The zero-order valence-electron chi connectivity index (χ0n) is 19.8. The lowest BCUT2D eigenvalue weighted by molar-refractivity contribution is 0.0951. The Hall–Kier alpha value is -2.33. The average Bonchev–Trinajstić information content (AvgIpc) is 3.42. The van der Waals surface area contributed by atoms with Crippen LogP contribution in [0.1, 0.15) is 73.2 Å². The lowest BCUT2D eigenvalue weighted by atomic mass is 9.85. The summed E-state index contributed by atoms with van der Waals surface area (Å²) in [6, 6.07) is 15.9. The number of carbonyl (C=O) groups excluding carboxylic acids is 1. The van der Waals surface area contributed by atoms with E-state index < -0.39 is 0 Å². The first-order valence-electron chi connectivity index (χ1n) is 13.0. The predicted molar refractivity (Wildman–Crippen MR) is 132 cm³/mol. The minimum atomic E-state index is 0.0433.